The first-order chi connectivity index (χ1) is 15.6. The van der Waals surface area contributed by atoms with Gasteiger partial charge in [0.05, 0.1) is 12.9 Å². The van der Waals surface area contributed by atoms with Crippen LogP contribution in [0.3, 0.4) is 0 Å². The average Bonchev–Trinajstić information content (AvgIpc) is 3.18. The molecule has 3 rings (SSSR count). The number of nitrogen functional groups attached to an aromatic ring is 1. The van der Waals surface area contributed by atoms with Gasteiger partial charge >= 0.3 is 0 Å². The topological polar surface area (TPSA) is 108 Å². The molecule has 0 aliphatic heterocycles. The number of amides is 1. The molecular formula is C22H28N6O3S. The van der Waals surface area contributed by atoms with Gasteiger partial charge in [0, 0.05) is 31.9 Å². The van der Waals surface area contributed by atoms with Crippen molar-refractivity contribution in [2.75, 3.05) is 43.7 Å². The molecule has 0 unspecified atom stereocenters. The predicted molar refractivity (Wildman–Crippen MR) is 126 cm³/mol. The Labute approximate surface area is 191 Å². The fourth-order valence-electron chi connectivity index (χ4n) is 2.88. The summed E-state index contributed by atoms with van der Waals surface area (Å²) in [5.74, 6) is 7.98. The van der Waals surface area contributed by atoms with Crippen molar-refractivity contribution in [2.24, 2.45) is 0 Å². The van der Waals surface area contributed by atoms with Crippen LogP contribution in [-0.2, 0) is 11.4 Å². The summed E-state index contributed by atoms with van der Waals surface area (Å²) in [6.45, 7) is 1.61. The fraction of sp³-hybridized carbons (Fsp3) is 0.318. The second-order valence-corrected chi connectivity index (χ2v) is 7.93. The molecule has 0 saturated heterocycles. The summed E-state index contributed by atoms with van der Waals surface area (Å²) < 4.78 is 12.2. The zero-order valence-corrected chi connectivity index (χ0v) is 19.0. The summed E-state index contributed by atoms with van der Waals surface area (Å²) in [6, 6.07) is 17.4. The third kappa shape index (κ3) is 6.81. The Morgan fingerprint density at radius 1 is 1.16 bits per heavy atom. The van der Waals surface area contributed by atoms with Gasteiger partial charge in [-0.05, 0) is 30.7 Å². The summed E-state index contributed by atoms with van der Waals surface area (Å²) in [6.07, 6.45) is 0.848. The SMILES string of the molecule is COc1cccc(OCc2nnc(SCC(=O)NCCCN(C)c3ccccc3)n2N)c1. The van der Waals surface area contributed by atoms with Crippen LogP contribution in [-0.4, -0.2) is 53.8 Å². The number of hydrogen-bond donors (Lipinski definition) is 2. The van der Waals surface area contributed by atoms with E-state index < -0.39 is 0 Å². The molecule has 1 aromatic heterocycles. The number of nitrogens with two attached hydrogens (primary N) is 1. The number of thioether (sulfide) groups is 1. The molecule has 0 bridgehead atoms. The van der Waals surface area contributed by atoms with Crippen LogP contribution in [0.15, 0.2) is 59.8 Å². The van der Waals surface area contributed by atoms with Gasteiger partial charge in [0.15, 0.2) is 5.82 Å². The van der Waals surface area contributed by atoms with E-state index in [9.17, 15) is 4.79 Å². The minimum absolute atomic E-state index is 0.0745. The van der Waals surface area contributed by atoms with Crippen molar-refractivity contribution in [3.8, 4) is 11.5 Å². The van der Waals surface area contributed by atoms with Crippen LogP contribution >= 0.6 is 11.8 Å². The quantitative estimate of drug-likeness (QED) is 0.243. The minimum Gasteiger partial charge on any atom is -0.497 e. The highest BCUT2D eigenvalue weighted by Gasteiger charge is 2.13. The number of nitrogens with one attached hydrogen (secondary N) is 1. The maximum absolute atomic E-state index is 12.1. The normalized spacial score (nSPS) is 10.6. The Kier molecular flexibility index (Phi) is 8.61. The predicted octanol–water partition coefficient (Wildman–Crippen LogP) is 2.31. The van der Waals surface area contributed by atoms with E-state index in [1.165, 1.54) is 16.4 Å². The van der Waals surface area contributed by atoms with Gasteiger partial charge in [0.2, 0.25) is 11.1 Å². The first kappa shape index (κ1) is 23.3. The van der Waals surface area contributed by atoms with Crippen molar-refractivity contribution in [1.29, 1.82) is 0 Å². The van der Waals surface area contributed by atoms with Crippen LogP contribution in [0.1, 0.15) is 12.2 Å². The number of carbonyl (C=O) groups excluding carboxylic acids is 1. The standard InChI is InChI=1S/C22H28N6O3S/c1-27(17-8-4-3-5-9-17)13-7-12-24-21(29)16-32-22-26-25-20(28(22)23)15-31-19-11-6-10-18(14-19)30-2/h3-6,8-11,14H,7,12-13,15-16,23H2,1-2H3,(H,24,29). The first-order valence-corrected chi connectivity index (χ1v) is 11.2. The van der Waals surface area contributed by atoms with Crippen LogP contribution in [0.5, 0.6) is 11.5 Å². The second-order valence-electron chi connectivity index (χ2n) is 6.99. The summed E-state index contributed by atoms with van der Waals surface area (Å²) in [4.78, 5) is 14.3. The van der Waals surface area contributed by atoms with E-state index in [4.69, 9.17) is 15.3 Å². The van der Waals surface area contributed by atoms with Gasteiger partial charge in [-0.3, -0.25) is 4.79 Å². The number of methoxy groups -OCH3 is 1. The van der Waals surface area contributed by atoms with Gasteiger partial charge in [-0.2, -0.15) is 0 Å². The molecule has 9 nitrogen and oxygen atoms in total. The third-order valence-electron chi connectivity index (χ3n) is 4.67. The van der Waals surface area contributed by atoms with Gasteiger partial charge in [-0.15, -0.1) is 10.2 Å². The summed E-state index contributed by atoms with van der Waals surface area (Å²) in [5.41, 5.74) is 1.16. The van der Waals surface area contributed by atoms with Gasteiger partial charge in [-0.1, -0.05) is 36.0 Å². The number of ether oxygens (including phenoxy) is 2. The molecule has 0 aliphatic rings. The zero-order chi connectivity index (χ0) is 22.8. The molecule has 0 fully saturated rings. The van der Waals surface area contributed by atoms with Gasteiger partial charge < -0.3 is 25.5 Å². The summed E-state index contributed by atoms with van der Waals surface area (Å²) in [7, 11) is 3.63. The lowest BCUT2D eigenvalue weighted by molar-refractivity contribution is -0.118. The summed E-state index contributed by atoms with van der Waals surface area (Å²) in [5, 5.41) is 11.5. The Morgan fingerprint density at radius 3 is 2.72 bits per heavy atom. The number of rotatable bonds is 12. The molecule has 170 valence electrons. The number of hydrogen-bond acceptors (Lipinski definition) is 8. The molecule has 1 amide bonds. The second kappa shape index (κ2) is 11.8. The molecular weight excluding hydrogens is 428 g/mol. The van der Waals surface area contributed by atoms with Crippen LogP contribution in [0.4, 0.5) is 5.69 Å². The molecule has 0 atom stereocenters. The van der Waals surface area contributed by atoms with Crippen LogP contribution < -0.4 is 25.5 Å². The van der Waals surface area contributed by atoms with E-state index in [1.54, 1.807) is 13.2 Å². The highest BCUT2D eigenvalue weighted by Crippen LogP contribution is 2.20. The number of carbonyl (C=O) groups is 1. The molecule has 2 aromatic carbocycles. The van der Waals surface area contributed by atoms with Crippen molar-refractivity contribution in [3.05, 3.63) is 60.4 Å². The lowest BCUT2D eigenvalue weighted by atomic mass is 10.3. The Bertz CT molecular complexity index is 998. The van der Waals surface area contributed by atoms with E-state index in [0.717, 1.165) is 18.7 Å². The first-order valence-electron chi connectivity index (χ1n) is 10.2. The molecule has 10 heteroatoms. The maximum atomic E-state index is 12.1. The van der Waals surface area contributed by atoms with E-state index in [2.05, 4.69) is 32.5 Å². The van der Waals surface area contributed by atoms with Crippen LogP contribution in [0.2, 0.25) is 0 Å². The van der Waals surface area contributed by atoms with Crippen molar-refractivity contribution >= 4 is 23.4 Å². The van der Waals surface area contributed by atoms with E-state index >= 15 is 0 Å². The lowest BCUT2D eigenvalue weighted by Gasteiger charge is -2.19. The van der Waals surface area contributed by atoms with E-state index in [0.29, 0.717) is 29.0 Å². The molecule has 0 spiro atoms. The van der Waals surface area contributed by atoms with E-state index in [-0.39, 0.29) is 18.3 Å². The number of aromatic nitrogens is 3. The highest BCUT2D eigenvalue weighted by molar-refractivity contribution is 7.99. The van der Waals surface area contributed by atoms with Crippen molar-refractivity contribution in [2.45, 2.75) is 18.2 Å². The Balaban J connectivity index is 1.37. The highest BCUT2D eigenvalue weighted by atomic mass is 32.2. The van der Waals surface area contributed by atoms with Gasteiger partial charge in [-0.25, -0.2) is 4.68 Å². The molecule has 0 saturated carbocycles. The smallest absolute Gasteiger partial charge is 0.230 e. The molecule has 3 aromatic rings. The fourth-order valence-corrected chi connectivity index (χ4v) is 3.58. The number of para-hydroxylation sites is 1. The lowest BCUT2D eigenvalue weighted by Crippen LogP contribution is -2.29. The van der Waals surface area contributed by atoms with Crippen molar-refractivity contribution < 1.29 is 14.3 Å². The van der Waals surface area contributed by atoms with Gasteiger partial charge in [0.1, 0.15) is 18.1 Å². The van der Waals surface area contributed by atoms with Crippen molar-refractivity contribution in [1.82, 2.24) is 20.2 Å². The third-order valence-corrected chi connectivity index (χ3v) is 5.61. The number of anilines is 1. The van der Waals surface area contributed by atoms with Crippen LogP contribution in [0, 0.1) is 0 Å². The Hall–Kier alpha value is -3.40. The van der Waals surface area contributed by atoms with Crippen molar-refractivity contribution in [3.63, 3.8) is 0 Å². The Morgan fingerprint density at radius 2 is 1.94 bits per heavy atom. The molecule has 3 N–H and O–H groups in total. The number of nitrogens with zero attached hydrogens (tertiary/aromatic N) is 4. The maximum Gasteiger partial charge on any atom is 0.230 e. The van der Waals surface area contributed by atoms with E-state index in [1.807, 2.05) is 43.4 Å². The van der Waals surface area contributed by atoms with Crippen LogP contribution in [0.25, 0.3) is 0 Å². The molecule has 0 radical (unpaired) electrons. The monoisotopic (exact) mass is 456 g/mol. The molecule has 1 heterocycles. The average molecular weight is 457 g/mol. The molecule has 0 aliphatic carbocycles. The molecule has 32 heavy (non-hydrogen) atoms. The zero-order valence-electron chi connectivity index (χ0n) is 18.2. The van der Waals surface area contributed by atoms with Gasteiger partial charge in [0.25, 0.3) is 0 Å². The number of benzene rings is 2. The largest absolute Gasteiger partial charge is 0.497 e. The summed E-state index contributed by atoms with van der Waals surface area (Å²) >= 11 is 1.23. The minimum atomic E-state index is -0.0745.